The van der Waals surface area contributed by atoms with Gasteiger partial charge in [-0.3, -0.25) is 0 Å². The summed E-state index contributed by atoms with van der Waals surface area (Å²) in [5.74, 6) is 0.110. The normalized spacial score (nSPS) is 11.5. The Labute approximate surface area is 119 Å². The average molecular weight is 300 g/mol. The summed E-state index contributed by atoms with van der Waals surface area (Å²) in [6.45, 7) is 4.11. The Kier molecular flexibility index (Phi) is 3.97. The number of ether oxygens (including phenoxy) is 1. The zero-order chi connectivity index (χ0) is 15.6. The Morgan fingerprint density at radius 1 is 1.33 bits per heavy atom. The van der Waals surface area contributed by atoms with Gasteiger partial charge in [-0.05, 0) is 26.0 Å². The van der Waals surface area contributed by atoms with E-state index < -0.39 is 6.36 Å². The summed E-state index contributed by atoms with van der Waals surface area (Å²) < 4.78 is 42.8. The van der Waals surface area contributed by atoms with Gasteiger partial charge in [0.05, 0.1) is 17.1 Å². The van der Waals surface area contributed by atoms with Crippen molar-refractivity contribution < 1.29 is 17.9 Å². The van der Waals surface area contributed by atoms with Gasteiger partial charge in [0.2, 0.25) is 0 Å². The number of nitrogens with one attached hydrogen (secondary N) is 1. The number of alkyl halides is 3. The van der Waals surface area contributed by atoms with Crippen molar-refractivity contribution >= 4 is 17.2 Å². The first-order valence-corrected chi connectivity index (χ1v) is 6.26. The van der Waals surface area contributed by atoms with Crippen LogP contribution in [0, 0.1) is 6.92 Å². The Balaban J connectivity index is 2.36. The minimum atomic E-state index is -4.76. The molecule has 1 aromatic carbocycles. The number of nitrogens with zero attached hydrogens (tertiary/aromatic N) is 2. The van der Waals surface area contributed by atoms with Crippen molar-refractivity contribution in [1.29, 1.82) is 0 Å². The third-order valence-corrected chi connectivity index (χ3v) is 2.84. The number of benzene rings is 1. The van der Waals surface area contributed by atoms with Crippen molar-refractivity contribution in [3.05, 3.63) is 30.0 Å². The molecule has 0 unspecified atom stereocenters. The second-order valence-corrected chi connectivity index (χ2v) is 4.33. The molecule has 0 aliphatic carbocycles. The van der Waals surface area contributed by atoms with Crippen molar-refractivity contribution in [1.82, 2.24) is 9.78 Å². The molecule has 0 aliphatic heterocycles. The van der Waals surface area contributed by atoms with Gasteiger partial charge in [0.15, 0.2) is 11.6 Å². The number of aryl methyl sites for hydroxylation is 2. The van der Waals surface area contributed by atoms with E-state index in [2.05, 4.69) is 15.2 Å². The lowest BCUT2D eigenvalue weighted by Gasteiger charge is -2.15. The van der Waals surface area contributed by atoms with Gasteiger partial charge in [-0.2, -0.15) is 5.10 Å². The van der Waals surface area contributed by atoms with Crippen molar-refractivity contribution in [3.63, 3.8) is 0 Å². The summed E-state index contributed by atoms with van der Waals surface area (Å²) in [4.78, 5) is 0. The van der Waals surface area contributed by atoms with Gasteiger partial charge in [-0.1, -0.05) is 12.1 Å². The minimum absolute atomic E-state index is 0.163. The molecule has 2 aromatic rings. The van der Waals surface area contributed by atoms with E-state index in [1.54, 1.807) is 17.7 Å². The number of hydrogen-bond acceptors (Lipinski definition) is 4. The van der Waals surface area contributed by atoms with E-state index in [0.717, 1.165) is 0 Å². The molecule has 0 aliphatic rings. The van der Waals surface area contributed by atoms with Crippen LogP contribution in [0.1, 0.15) is 12.6 Å². The van der Waals surface area contributed by atoms with Gasteiger partial charge in [0, 0.05) is 6.54 Å². The molecule has 0 fully saturated rings. The van der Waals surface area contributed by atoms with E-state index >= 15 is 0 Å². The third-order valence-electron chi connectivity index (χ3n) is 2.84. The Hall–Kier alpha value is -2.38. The van der Waals surface area contributed by atoms with Crippen LogP contribution >= 0.6 is 0 Å². The molecule has 0 atom stereocenters. The lowest BCUT2D eigenvalue weighted by Crippen LogP contribution is -2.18. The van der Waals surface area contributed by atoms with Gasteiger partial charge in [-0.25, -0.2) is 4.68 Å². The highest BCUT2D eigenvalue weighted by Crippen LogP contribution is 2.34. The number of nitrogen functional groups attached to an aromatic ring is 1. The molecule has 8 heteroatoms. The Bertz CT molecular complexity index is 637. The fourth-order valence-corrected chi connectivity index (χ4v) is 1.87. The largest absolute Gasteiger partial charge is 0.573 e. The fraction of sp³-hybridized carbons (Fsp3) is 0.308. The summed E-state index contributed by atoms with van der Waals surface area (Å²) in [5.41, 5.74) is 7.05. The molecule has 0 amide bonds. The number of rotatable bonds is 4. The molecule has 1 aromatic heterocycles. The number of nitrogens with two attached hydrogens (primary N) is 1. The van der Waals surface area contributed by atoms with Crippen molar-refractivity contribution in [2.75, 3.05) is 11.1 Å². The van der Waals surface area contributed by atoms with E-state index in [1.165, 1.54) is 18.2 Å². The summed E-state index contributed by atoms with van der Waals surface area (Å²) in [5, 5.41) is 7.05. The molecular formula is C13H15F3N4O. The Morgan fingerprint density at radius 2 is 2.00 bits per heavy atom. The van der Waals surface area contributed by atoms with Crippen LogP contribution in [-0.2, 0) is 6.54 Å². The van der Waals surface area contributed by atoms with Crippen LogP contribution in [0.2, 0.25) is 0 Å². The van der Waals surface area contributed by atoms with Gasteiger partial charge >= 0.3 is 6.36 Å². The highest BCUT2D eigenvalue weighted by molar-refractivity contribution is 5.74. The maximum absolute atomic E-state index is 12.4. The van der Waals surface area contributed by atoms with E-state index in [0.29, 0.717) is 23.7 Å². The van der Waals surface area contributed by atoms with Gasteiger partial charge in [0.25, 0.3) is 0 Å². The molecular weight excluding hydrogens is 285 g/mol. The first kappa shape index (κ1) is 15.0. The smallest absolute Gasteiger partial charge is 0.404 e. The highest BCUT2D eigenvalue weighted by atomic mass is 19.4. The molecule has 0 spiro atoms. The molecule has 1 heterocycles. The molecule has 5 nitrogen and oxygen atoms in total. The first-order chi connectivity index (χ1) is 9.81. The SMILES string of the molecule is CCn1nc(C)c(N)c1Nc1ccccc1OC(F)(F)F. The molecule has 2 rings (SSSR count). The monoisotopic (exact) mass is 300 g/mol. The quantitative estimate of drug-likeness (QED) is 0.908. The predicted molar refractivity (Wildman–Crippen MR) is 73.5 cm³/mol. The average Bonchev–Trinajstić information content (AvgIpc) is 2.67. The molecule has 0 radical (unpaired) electrons. The number of halogens is 3. The van der Waals surface area contributed by atoms with Crippen molar-refractivity contribution in [2.45, 2.75) is 26.8 Å². The summed E-state index contributed by atoms with van der Waals surface area (Å²) in [6, 6.07) is 5.76. The number of aromatic nitrogens is 2. The lowest BCUT2D eigenvalue weighted by atomic mass is 10.3. The van der Waals surface area contributed by atoms with Crippen LogP contribution in [-0.4, -0.2) is 16.1 Å². The van der Waals surface area contributed by atoms with Crippen molar-refractivity contribution in [3.8, 4) is 5.75 Å². The minimum Gasteiger partial charge on any atom is -0.404 e. The van der Waals surface area contributed by atoms with Gasteiger partial charge in [-0.15, -0.1) is 13.2 Å². The van der Waals surface area contributed by atoms with Crippen molar-refractivity contribution in [2.24, 2.45) is 0 Å². The number of anilines is 3. The highest BCUT2D eigenvalue weighted by Gasteiger charge is 2.32. The zero-order valence-electron chi connectivity index (χ0n) is 11.5. The second kappa shape index (κ2) is 5.55. The number of para-hydroxylation sites is 2. The zero-order valence-corrected chi connectivity index (χ0v) is 11.5. The van der Waals surface area contributed by atoms with E-state index in [1.807, 2.05) is 6.92 Å². The standard InChI is InChI=1S/C13H15F3N4O/c1-3-20-12(11(17)8(2)19-20)18-9-6-4-5-7-10(9)21-13(14,15)16/h4-7,18H,3,17H2,1-2H3. The van der Waals surface area contributed by atoms with Gasteiger partial charge in [0.1, 0.15) is 0 Å². The lowest BCUT2D eigenvalue weighted by molar-refractivity contribution is -0.274. The molecule has 0 saturated carbocycles. The molecule has 114 valence electrons. The maximum atomic E-state index is 12.4. The molecule has 21 heavy (non-hydrogen) atoms. The summed E-state index contributed by atoms with van der Waals surface area (Å²) in [6.07, 6.45) is -4.76. The molecule has 3 N–H and O–H groups in total. The maximum Gasteiger partial charge on any atom is 0.573 e. The van der Waals surface area contributed by atoms with Gasteiger partial charge < -0.3 is 15.8 Å². The second-order valence-electron chi connectivity index (χ2n) is 4.33. The van der Waals surface area contributed by atoms with Crippen LogP contribution in [0.3, 0.4) is 0 Å². The fourth-order valence-electron chi connectivity index (χ4n) is 1.87. The topological polar surface area (TPSA) is 65.1 Å². The van der Waals surface area contributed by atoms with Crippen LogP contribution in [0.4, 0.5) is 30.4 Å². The third kappa shape index (κ3) is 3.39. The predicted octanol–water partition coefficient (Wildman–Crippen LogP) is 3.44. The van der Waals surface area contributed by atoms with Crippen LogP contribution < -0.4 is 15.8 Å². The van der Waals surface area contributed by atoms with Crippen LogP contribution in [0.5, 0.6) is 5.75 Å². The van der Waals surface area contributed by atoms with E-state index in [9.17, 15) is 13.2 Å². The summed E-state index contributed by atoms with van der Waals surface area (Å²) >= 11 is 0. The van der Waals surface area contributed by atoms with E-state index in [-0.39, 0.29) is 11.4 Å². The van der Waals surface area contributed by atoms with E-state index in [4.69, 9.17) is 5.73 Å². The number of hydrogen-bond donors (Lipinski definition) is 2. The first-order valence-electron chi connectivity index (χ1n) is 6.26. The summed E-state index contributed by atoms with van der Waals surface area (Å²) in [7, 11) is 0. The Morgan fingerprint density at radius 3 is 2.62 bits per heavy atom. The van der Waals surface area contributed by atoms with Crippen LogP contribution in [0.15, 0.2) is 24.3 Å². The molecule has 0 saturated heterocycles. The molecule has 0 bridgehead atoms. The van der Waals surface area contributed by atoms with Crippen LogP contribution in [0.25, 0.3) is 0 Å².